The zero-order valence-electron chi connectivity index (χ0n) is 9.31. The third-order valence-corrected chi connectivity index (χ3v) is 3.69. The zero-order chi connectivity index (χ0) is 12.7. The first-order valence-electron chi connectivity index (χ1n) is 5.60. The van der Waals surface area contributed by atoms with Crippen molar-refractivity contribution in [2.75, 3.05) is 0 Å². The fraction of sp³-hybridized carbons (Fsp3) is 0.333. The van der Waals surface area contributed by atoms with Crippen LogP contribution in [0.15, 0.2) is 27.2 Å². The number of halogens is 2. The summed E-state index contributed by atoms with van der Waals surface area (Å²) < 4.78 is 18.6. The lowest BCUT2D eigenvalue weighted by molar-refractivity contribution is 0.0625. The van der Waals surface area contributed by atoms with Crippen LogP contribution in [0.25, 0.3) is 11.4 Å². The quantitative estimate of drug-likeness (QED) is 0.926. The Morgan fingerprint density at radius 1 is 1.39 bits per heavy atom. The SMILES string of the molecule is OC1CC(c2nc(-c3ccc(F)c(Br)c3)no2)C1. The molecule has 3 rings (SSSR count). The first-order valence-corrected chi connectivity index (χ1v) is 6.40. The van der Waals surface area contributed by atoms with Crippen LogP contribution in [0.5, 0.6) is 0 Å². The van der Waals surface area contributed by atoms with Gasteiger partial charge in [-0.05, 0) is 47.0 Å². The highest BCUT2D eigenvalue weighted by atomic mass is 79.9. The van der Waals surface area contributed by atoms with Crippen molar-refractivity contribution >= 4 is 15.9 Å². The number of hydrogen-bond donors (Lipinski definition) is 1. The van der Waals surface area contributed by atoms with Crippen LogP contribution in [0.1, 0.15) is 24.7 Å². The molecule has 4 nitrogen and oxygen atoms in total. The van der Waals surface area contributed by atoms with E-state index in [1.807, 2.05) is 0 Å². The predicted octanol–water partition coefficient (Wildman–Crippen LogP) is 2.88. The number of hydrogen-bond acceptors (Lipinski definition) is 4. The predicted molar refractivity (Wildman–Crippen MR) is 65.4 cm³/mol. The van der Waals surface area contributed by atoms with Crippen LogP contribution in [0.3, 0.4) is 0 Å². The fourth-order valence-electron chi connectivity index (χ4n) is 1.94. The lowest BCUT2D eigenvalue weighted by Gasteiger charge is -2.27. The molecule has 18 heavy (non-hydrogen) atoms. The van der Waals surface area contributed by atoms with Crippen LogP contribution in [0, 0.1) is 5.82 Å². The van der Waals surface area contributed by atoms with E-state index in [4.69, 9.17) is 4.52 Å². The van der Waals surface area contributed by atoms with Gasteiger partial charge >= 0.3 is 0 Å². The Bertz CT molecular complexity index is 581. The summed E-state index contributed by atoms with van der Waals surface area (Å²) in [6, 6.07) is 4.56. The average molecular weight is 313 g/mol. The van der Waals surface area contributed by atoms with Crippen LogP contribution >= 0.6 is 15.9 Å². The summed E-state index contributed by atoms with van der Waals surface area (Å²) >= 11 is 3.12. The monoisotopic (exact) mass is 312 g/mol. The lowest BCUT2D eigenvalue weighted by atomic mass is 9.82. The number of aliphatic hydroxyl groups excluding tert-OH is 1. The largest absolute Gasteiger partial charge is 0.393 e. The Morgan fingerprint density at radius 2 is 2.17 bits per heavy atom. The minimum Gasteiger partial charge on any atom is -0.393 e. The van der Waals surface area contributed by atoms with Gasteiger partial charge in [-0.25, -0.2) is 4.39 Å². The van der Waals surface area contributed by atoms with E-state index in [0.717, 1.165) is 0 Å². The number of benzene rings is 1. The zero-order valence-corrected chi connectivity index (χ0v) is 10.9. The number of nitrogens with zero attached hydrogens (tertiary/aromatic N) is 2. The molecule has 1 fully saturated rings. The van der Waals surface area contributed by atoms with Gasteiger partial charge in [-0.3, -0.25) is 0 Å². The highest BCUT2D eigenvalue weighted by Gasteiger charge is 2.33. The van der Waals surface area contributed by atoms with Gasteiger partial charge in [-0.1, -0.05) is 5.16 Å². The maximum atomic E-state index is 13.1. The third-order valence-electron chi connectivity index (χ3n) is 3.08. The molecular weight excluding hydrogens is 303 g/mol. The summed E-state index contributed by atoms with van der Waals surface area (Å²) in [4.78, 5) is 4.28. The molecule has 0 saturated heterocycles. The molecule has 1 N–H and O–H groups in total. The third kappa shape index (κ3) is 2.06. The molecular formula is C12H10BrFN2O2. The van der Waals surface area contributed by atoms with Crippen LogP contribution in [0.4, 0.5) is 4.39 Å². The topological polar surface area (TPSA) is 59.2 Å². The van der Waals surface area contributed by atoms with Crippen LogP contribution in [0.2, 0.25) is 0 Å². The van der Waals surface area contributed by atoms with Gasteiger partial charge in [0.15, 0.2) is 0 Å². The maximum Gasteiger partial charge on any atom is 0.230 e. The summed E-state index contributed by atoms with van der Waals surface area (Å²) in [5, 5.41) is 13.1. The van der Waals surface area contributed by atoms with Crippen LogP contribution < -0.4 is 0 Å². The van der Waals surface area contributed by atoms with E-state index in [-0.39, 0.29) is 17.8 Å². The van der Waals surface area contributed by atoms with Crippen molar-refractivity contribution < 1.29 is 14.0 Å². The number of aliphatic hydroxyl groups is 1. The van der Waals surface area contributed by atoms with Crippen LogP contribution in [-0.4, -0.2) is 21.4 Å². The molecule has 0 bridgehead atoms. The molecule has 1 heterocycles. The Kier molecular flexibility index (Phi) is 2.91. The molecule has 0 unspecified atom stereocenters. The molecule has 1 aliphatic rings. The molecule has 0 spiro atoms. The van der Waals surface area contributed by atoms with E-state index in [1.165, 1.54) is 6.07 Å². The molecule has 6 heteroatoms. The minimum atomic E-state index is -0.329. The van der Waals surface area contributed by atoms with E-state index >= 15 is 0 Å². The summed E-state index contributed by atoms with van der Waals surface area (Å²) in [5.74, 6) is 0.789. The smallest absolute Gasteiger partial charge is 0.230 e. The molecule has 1 aliphatic carbocycles. The maximum absolute atomic E-state index is 13.1. The Hall–Kier alpha value is -1.27. The molecule has 0 aliphatic heterocycles. The minimum absolute atomic E-state index is 0.144. The van der Waals surface area contributed by atoms with E-state index in [1.54, 1.807) is 12.1 Å². The van der Waals surface area contributed by atoms with Gasteiger partial charge in [0.05, 0.1) is 10.6 Å². The second-order valence-electron chi connectivity index (χ2n) is 4.41. The molecule has 94 valence electrons. The summed E-state index contributed by atoms with van der Waals surface area (Å²) in [5.41, 5.74) is 0.693. The average Bonchev–Trinajstić information content (AvgIpc) is 2.78. The second kappa shape index (κ2) is 4.44. The molecule has 1 saturated carbocycles. The van der Waals surface area contributed by atoms with Gasteiger partial charge in [-0.15, -0.1) is 0 Å². The highest BCUT2D eigenvalue weighted by Crippen LogP contribution is 2.36. The summed E-state index contributed by atoms with van der Waals surface area (Å²) in [6.45, 7) is 0. The van der Waals surface area contributed by atoms with Crippen molar-refractivity contribution in [1.82, 2.24) is 10.1 Å². The van der Waals surface area contributed by atoms with E-state index < -0.39 is 0 Å². The highest BCUT2D eigenvalue weighted by molar-refractivity contribution is 9.10. The molecule has 0 radical (unpaired) electrons. The molecule has 2 aromatic rings. The summed E-state index contributed by atoms with van der Waals surface area (Å²) in [6.07, 6.45) is 1.06. The van der Waals surface area contributed by atoms with Gasteiger partial charge in [0.1, 0.15) is 5.82 Å². The Labute approximate surface area is 111 Å². The van der Waals surface area contributed by atoms with Crippen LogP contribution in [-0.2, 0) is 0 Å². The van der Waals surface area contributed by atoms with Crippen molar-refractivity contribution in [3.05, 3.63) is 34.4 Å². The number of aromatic nitrogens is 2. The molecule has 0 amide bonds. The van der Waals surface area contributed by atoms with Gasteiger partial charge in [0.2, 0.25) is 11.7 Å². The molecule has 1 aromatic heterocycles. The molecule has 1 aromatic carbocycles. The lowest BCUT2D eigenvalue weighted by Crippen LogP contribution is -2.26. The van der Waals surface area contributed by atoms with E-state index in [2.05, 4.69) is 26.1 Å². The van der Waals surface area contributed by atoms with Gasteiger partial charge < -0.3 is 9.63 Å². The van der Waals surface area contributed by atoms with Crippen molar-refractivity contribution in [1.29, 1.82) is 0 Å². The second-order valence-corrected chi connectivity index (χ2v) is 5.26. The number of rotatable bonds is 2. The van der Waals surface area contributed by atoms with Gasteiger partial charge in [0, 0.05) is 11.5 Å². The van der Waals surface area contributed by atoms with Crippen molar-refractivity contribution in [2.24, 2.45) is 0 Å². The first kappa shape index (κ1) is 11.8. The molecule has 0 atom stereocenters. The Balaban J connectivity index is 1.86. The fourth-order valence-corrected chi connectivity index (χ4v) is 2.32. The summed E-state index contributed by atoms with van der Waals surface area (Å²) in [7, 11) is 0. The van der Waals surface area contributed by atoms with Crippen molar-refractivity contribution in [2.45, 2.75) is 24.9 Å². The normalized spacial score (nSPS) is 22.8. The van der Waals surface area contributed by atoms with Crippen molar-refractivity contribution in [3.63, 3.8) is 0 Å². The van der Waals surface area contributed by atoms with Gasteiger partial charge in [-0.2, -0.15) is 4.98 Å². The van der Waals surface area contributed by atoms with E-state index in [0.29, 0.717) is 34.6 Å². The Morgan fingerprint density at radius 3 is 2.83 bits per heavy atom. The standard InChI is InChI=1S/C12H10BrFN2O2/c13-9-5-6(1-2-10(9)14)11-15-12(18-16-11)7-3-8(17)4-7/h1-2,5,7-8,17H,3-4H2. The van der Waals surface area contributed by atoms with E-state index in [9.17, 15) is 9.50 Å². The van der Waals surface area contributed by atoms with Gasteiger partial charge in [0.25, 0.3) is 0 Å². The first-order chi connectivity index (χ1) is 8.63. The van der Waals surface area contributed by atoms with Crippen molar-refractivity contribution in [3.8, 4) is 11.4 Å².